The lowest BCUT2D eigenvalue weighted by molar-refractivity contribution is -0.0771. The van der Waals surface area contributed by atoms with Gasteiger partial charge in [-0.15, -0.1) is 0 Å². The summed E-state index contributed by atoms with van der Waals surface area (Å²) in [5, 5.41) is 0. The first-order valence-electron chi connectivity index (χ1n) is 8.29. The molecule has 2 fully saturated rings. The highest BCUT2D eigenvalue weighted by Crippen LogP contribution is 2.32. The quantitative estimate of drug-likeness (QED) is 0.868. The molecule has 0 amide bonds. The lowest BCUT2D eigenvalue weighted by Crippen LogP contribution is -2.51. The number of alkyl halides is 2. The van der Waals surface area contributed by atoms with E-state index in [2.05, 4.69) is 4.90 Å². The molecule has 0 aliphatic carbocycles. The fourth-order valence-corrected chi connectivity index (χ4v) is 3.69. The van der Waals surface area contributed by atoms with Crippen LogP contribution in [0.25, 0.3) is 0 Å². The van der Waals surface area contributed by atoms with Crippen molar-refractivity contribution in [2.75, 3.05) is 43.9 Å². The maximum atomic E-state index is 13.6. The molecular formula is C17H25F2N3O. The van der Waals surface area contributed by atoms with E-state index >= 15 is 0 Å². The molecule has 0 saturated carbocycles. The summed E-state index contributed by atoms with van der Waals surface area (Å²) in [5.41, 5.74) is 7.56. The second-order valence-electron chi connectivity index (χ2n) is 6.57. The highest BCUT2D eigenvalue weighted by atomic mass is 19.3. The molecule has 0 bridgehead atoms. The Morgan fingerprint density at radius 1 is 1.22 bits per heavy atom. The van der Waals surface area contributed by atoms with E-state index in [0.29, 0.717) is 17.9 Å². The Morgan fingerprint density at radius 3 is 2.61 bits per heavy atom. The van der Waals surface area contributed by atoms with Crippen LogP contribution in [0.1, 0.15) is 25.7 Å². The van der Waals surface area contributed by atoms with Crippen molar-refractivity contribution in [3.8, 4) is 5.75 Å². The summed E-state index contributed by atoms with van der Waals surface area (Å²) >= 11 is 0. The van der Waals surface area contributed by atoms with Gasteiger partial charge >= 0.3 is 0 Å². The minimum atomic E-state index is -2.51. The molecule has 0 radical (unpaired) electrons. The van der Waals surface area contributed by atoms with Gasteiger partial charge in [0.15, 0.2) is 0 Å². The first-order valence-corrected chi connectivity index (χ1v) is 8.29. The second-order valence-corrected chi connectivity index (χ2v) is 6.57. The zero-order chi connectivity index (χ0) is 16.4. The van der Waals surface area contributed by atoms with E-state index in [1.807, 2.05) is 23.1 Å². The molecule has 0 aromatic heterocycles. The number of nitrogen functional groups attached to an aromatic ring is 1. The van der Waals surface area contributed by atoms with Gasteiger partial charge < -0.3 is 15.4 Å². The molecule has 6 heteroatoms. The third-order valence-electron chi connectivity index (χ3n) is 4.99. The van der Waals surface area contributed by atoms with Crippen LogP contribution >= 0.6 is 0 Å². The van der Waals surface area contributed by atoms with Crippen LogP contribution in [0.4, 0.5) is 20.2 Å². The minimum absolute atomic E-state index is 0.0353. The average Bonchev–Trinajstić information content (AvgIpc) is 2.54. The Morgan fingerprint density at radius 2 is 1.96 bits per heavy atom. The van der Waals surface area contributed by atoms with Crippen LogP contribution < -0.4 is 15.4 Å². The number of halogens is 2. The number of piperidine rings is 2. The molecule has 2 N–H and O–H groups in total. The Hall–Kier alpha value is -1.56. The number of hydrogen-bond acceptors (Lipinski definition) is 4. The summed E-state index contributed by atoms with van der Waals surface area (Å²) < 4.78 is 32.5. The van der Waals surface area contributed by atoms with Gasteiger partial charge in [0.05, 0.1) is 19.3 Å². The summed E-state index contributed by atoms with van der Waals surface area (Å²) in [6.45, 7) is 2.48. The Labute approximate surface area is 136 Å². The van der Waals surface area contributed by atoms with Crippen LogP contribution in [-0.4, -0.2) is 50.2 Å². The average molecular weight is 325 g/mol. The van der Waals surface area contributed by atoms with Crippen molar-refractivity contribution in [2.45, 2.75) is 37.6 Å². The third-order valence-corrected chi connectivity index (χ3v) is 4.99. The molecule has 4 nitrogen and oxygen atoms in total. The van der Waals surface area contributed by atoms with E-state index in [1.54, 1.807) is 7.11 Å². The molecular weight excluding hydrogens is 300 g/mol. The van der Waals surface area contributed by atoms with Gasteiger partial charge in [-0.05, 0) is 37.9 Å². The summed E-state index contributed by atoms with van der Waals surface area (Å²) in [5.74, 6) is -1.83. The van der Waals surface area contributed by atoms with Crippen LogP contribution in [0.3, 0.4) is 0 Å². The number of benzene rings is 1. The number of likely N-dealkylation sites (tertiary alicyclic amines) is 1. The minimum Gasteiger partial charge on any atom is -0.495 e. The van der Waals surface area contributed by atoms with Crippen molar-refractivity contribution in [1.82, 2.24) is 4.90 Å². The summed E-state index contributed by atoms with van der Waals surface area (Å²) in [7, 11) is 1.61. The molecule has 0 atom stereocenters. The monoisotopic (exact) mass is 325 g/mol. The van der Waals surface area contributed by atoms with Gasteiger partial charge in [0.25, 0.3) is 5.92 Å². The zero-order valence-corrected chi connectivity index (χ0v) is 13.6. The lowest BCUT2D eigenvalue weighted by atomic mass is 9.98. The van der Waals surface area contributed by atoms with Crippen molar-refractivity contribution in [3.63, 3.8) is 0 Å². The molecule has 2 aliphatic heterocycles. The fourth-order valence-electron chi connectivity index (χ4n) is 3.69. The van der Waals surface area contributed by atoms with Crippen LogP contribution in [0.2, 0.25) is 0 Å². The molecule has 1 aromatic carbocycles. The molecule has 1 aromatic rings. The van der Waals surface area contributed by atoms with Gasteiger partial charge in [-0.25, -0.2) is 8.78 Å². The summed E-state index contributed by atoms with van der Waals surface area (Å²) in [6.07, 6.45) is 2.47. The first kappa shape index (κ1) is 16.3. The first-order chi connectivity index (χ1) is 11.0. The zero-order valence-electron chi connectivity index (χ0n) is 13.6. The summed E-state index contributed by atoms with van der Waals surface area (Å²) in [6, 6.07) is 6.07. The van der Waals surface area contributed by atoms with E-state index in [1.165, 1.54) is 0 Å². The van der Waals surface area contributed by atoms with Gasteiger partial charge in [-0.1, -0.05) is 0 Å². The number of rotatable bonds is 3. The number of methoxy groups -OCH3 is 1. The molecule has 128 valence electrons. The van der Waals surface area contributed by atoms with Crippen LogP contribution in [0, 0.1) is 0 Å². The fraction of sp³-hybridized carbons (Fsp3) is 0.647. The molecule has 2 heterocycles. The number of ether oxygens (including phenoxy) is 1. The van der Waals surface area contributed by atoms with Crippen LogP contribution in [-0.2, 0) is 0 Å². The van der Waals surface area contributed by atoms with Crippen molar-refractivity contribution in [2.24, 2.45) is 0 Å². The summed E-state index contributed by atoms with van der Waals surface area (Å²) in [4.78, 5) is 4.27. The topological polar surface area (TPSA) is 41.7 Å². The SMILES string of the molecule is COc1cc(N2CCC(N3CCCC(F)(F)C3)CC2)ccc1N. The standard InChI is InChI=1S/C17H25F2N3O/c1-23-16-11-14(3-4-15(16)20)21-9-5-13(6-10-21)22-8-2-7-17(18,19)12-22/h3-4,11,13H,2,5-10,12,20H2,1H3. The highest BCUT2D eigenvalue weighted by Gasteiger charge is 2.38. The number of nitrogens with two attached hydrogens (primary N) is 1. The van der Waals surface area contributed by atoms with Gasteiger partial charge in [0, 0.05) is 37.3 Å². The van der Waals surface area contributed by atoms with E-state index in [9.17, 15) is 8.78 Å². The Balaban J connectivity index is 1.60. The lowest BCUT2D eigenvalue weighted by Gasteiger charge is -2.42. The van der Waals surface area contributed by atoms with Crippen molar-refractivity contribution >= 4 is 11.4 Å². The molecule has 0 spiro atoms. The number of nitrogens with zero attached hydrogens (tertiary/aromatic N) is 2. The predicted octanol–water partition coefficient (Wildman–Crippen LogP) is 2.98. The molecule has 2 saturated heterocycles. The second kappa shape index (κ2) is 6.51. The highest BCUT2D eigenvalue weighted by molar-refractivity contribution is 5.62. The maximum Gasteiger partial charge on any atom is 0.260 e. The Kier molecular flexibility index (Phi) is 4.62. The van der Waals surface area contributed by atoms with E-state index in [4.69, 9.17) is 10.5 Å². The maximum absolute atomic E-state index is 13.6. The van der Waals surface area contributed by atoms with Crippen LogP contribution in [0.15, 0.2) is 18.2 Å². The normalized spacial score (nSPS) is 23.0. The van der Waals surface area contributed by atoms with E-state index in [-0.39, 0.29) is 19.0 Å². The predicted molar refractivity (Wildman–Crippen MR) is 88.4 cm³/mol. The Bertz CT molecular complexity index is 545. The third kappa shape index (κ3) is 3.68. The molecule has 2 aliphatic rings. The van der Waals surface area contributed by atoms with E-state index < -0.39 is 5.92 Å². The van der Waals surface area contributed by atoms with Crippen molar-refractivity contribution in [3.05, 3.63) is 18.2 Å². The number of anilines is 2. The molecule has 3 rings (SSSR count). The smallest absolute Gasteiger partial charge is 0.260 e. The van der Waals surface area contributed by atoms with Crippen molar-refractivity contribution in [1.29, 1.82) is 0 Å². The molecule has 23 heavy (non-hydrogen) atoms. The van der Waals surface area contributed by atoms with Gasteiger partial charge in [-0.2, -0.15) is 0 Å². The largest absolute Gasteiger partial charge is 0.495 e. The molecule has 0 unspecified atom stereocenters. The van der Waals surface area contributed by atoms with Gasteiger partial charge in [0.1, 0.15) is 5.75 Å². The van der Waals surface area contributed by atoms with Gasteiger partial charge in [-0.3, -0.25) is 4.90 Å². The van der Waals surface area contributed by atoms with Crippen molar-refractivity contribution < 1.29 is 13.5 Å². The van der Waals surface area contributed by atoms with E-state index in [0.717, 1.165) is 38.2 Å². The van der Waals surface area contributed by atoms with Gasteiger partial charge in [0.2, 0.25) is 0 Å². The number of hydrogen-bond donors (Lipinski definition) is 1. The van der Waals surface area contributed by atoms with Crippen LogP contribution in [0.5, 0.6) is 5.75 Å².